The minimum Gasteiger partial charge on any atom is -0.330 e. The van der Waals surface area contributed by atoms with E-state index in [2.05, 4.69) is 9.78 Å². The van der Waals surface area contributed by atoms with E-state index >= 15 is 0 Å². The lowest BCUT2D eigenvalue weighted by Gasteiger charge is -2.08. The normalized spacial score (nSPS) is 11.9. The molecule has 1 unspecified atom stereocenters. The Morgan fingerprint density at radius 3 is 2.47 bits per heavy atom. The molecule has 0 bridgehead atoms. The highest BCUT2D eigenvalue weighted by molar-refractivity contribution is 5.76. The summed E-state index contributed by atoms with van der Waals surface area (Å²) in [4.78, 5) is 30.2. The second-order valence-corrected chi connectivity index (χ2v) is 3.10. The first-order chi connectivity index (χ1) is 7.11. The van der Waals surface area contributed by atoms with Crippen LogP contribution in [0.3, 0.4) is 0 Å². The van der Waals surface area contributed by atoms with Gasteiger partial charge in [-0.05, 0) is 19.4 Å². The van der Waals surface area contributed by atoms with Crippen LogP contribution in [-0.2, 0) is 19.4 Å². The van der Waals surface area contributed by atoms with Gasteiger partial charge in [0.05, 0.1) is 0 Å². The topological polar surface area (TPSA) is 105 Å². The second-order valence-electron chi connectivity index (χ2n) is 3.10. The first kappa shape index (κ1) is 13.9. The smallest absolute Gasteiger partial charge is 0.330 e. The summed E-state index contributed by atoms with van der Waals surface area (Å²) < 4.78 is 0. The predicted molar refractivity (Wildman–Crippen MR) is 53.4 cm³/mol. The van der Waals surface area contributed by atoms with Gasteiger partial charge in [-0.15, -0.1) is 0 Å². The molecule has 0 spiro atoms. The van der Waals surface area contributed by atoms with Gasteiger partial charge in [0, 0.05) is 6.42 Å². The van der Waals surface area contributed by atoms with Crippen LogP contribution in [0.1, 0.15) is 32.6 Å². The van der Waals surface area contributed by atoms with Crippen molar-refractivity contribution in [3.8, 4) is 0 Å². The van der Waals surface area contributed by atoms with Crippen LogP contribution in [0, 0.1) is 0 Å². The van der Waals surface area contributed by atoms with E-state index in [0.717, 1.165) is 12.8 Å². The molecule has 0 rings (SSSR count). The average Bonchev–Trinajstić information content (AvgIpc) is 2.25. The van der Waals surface area contributed by atoms with Gasteiger partial charge in [0.2, 0.25) is 0 Å². The van der Waals surface area contributed by atoms with Crippen LogP contribution >= 0.6 is 0 Å². The summed E-state index contributed by atoms with van der Waals surface area (Å²) in [7, 11) is 0. The van der Waals surface area contributed by atoms with Crippen molar-refractivity contribution in [2.24, 2.45) is 11.5 Å². The van der Waals surface area contributed by atoms with Gasteiger partial charge in [-0.2, -0.15) is 0 Å². The molecule has 0 amide bonds. The molecule has 0 aliphatic heterocycles. The van der Waals surface area contributed by atoms with Gasteiger partial charge in [-0.3, -0.25) is 0 Å². The van der Waals surface area contributed by atoms with Gasteiger partial charge in [0.1, 0.15) is 6.04 Å². The van der Waals surface area contributed by atoms with Crippen molar-refractivity contribution < 1.29 is 19.4 Å². The zero-order chi connectivity index (χ0) is 11.7. The fraction of sp³-hybridized carbons (Fsp3) is 0.778. The predicted octanol–water partition coefficient (Wildman–Crippen LogP) is -0.146. The number of hydrogen-bond acceptors (Lipinski definition) is 6. The van der Waals surface area contributed by atoms with Crippen molar-refractivity contribution in [2.75, 3.05) is 6.54 Å². The Kier molecular flexibility index (Phi) is 7.57. The monoisotopic (exact) mass is 218 g/mol. The molecule has 0 fully saturated rings. The Balaban J connectivity index is 3.64. The van der Waals surface area contributed by atoms with E-state index in [1.54, 1.807) is 6.92 Å². The van der Waals surface area contributed by atoms with Crippen LogP contribution in [0.15, 0.2) is 0 Å². The zero-order valence-corrected chi connectivity index (χ0v) is 8.90. The highest BCUT2D eigenvalue weighted by Crippen LogP contribution is 2.00. The number of carbonyl (C=O) groups is 2. The van der Waals surface area contributed by atoms with E-state index in [1.165, 1.54) is 0 Å². The van der Waals surface area contributed by atoms with Crippen molar-refractivity contribution in [1.82, 2.24) is 0 Å². The van der Waals surface area contributed by atoms with Crippen molar-refractivity contribution >= 4 is 11.9 Å². The summed E-state index contributed by atoms with van der Waals surface area (Å²) in [5.74, 6) is -1.33. The Hall–Kier alpha value is -1.14. The summed E-state index contributed by atoms with van der Waals surface area (Å²) in [6.45, 7) is 2.16. The SMILES string of the molecule is CCC(=O)OOC(=O)C(N)CCCCN. The molecule has 6 heteroatoms. The number of rotatable bonds is 6. The maximum Gasteiger partial charge on any atom is 0.372 e. The number of nitrogens with two attached hydrogens (primary N) is 2. The van der Waals surface area contributed by atoms with Gasteiger partial charge >= 0.3 is 11.9 Å². The second kappa shape index (κ2) is 8.19. The van der Waals surface area contributed by atoms with Crippen molar-refractivity contribution in [2.45, 2.75) is 38.6 Å². The minimum absolute atomic E-state index is 0.149. The van der Waals surface area contributed by atoms with Gasteiger partial charge < -0.3 is 11.5 Å². The molecule has 0 radical (unpaired) electrons. The lowest BCUT2D eigenvalue weighted by atomic mass is 10.1. The number of unbranched alkanes of at least 4 members (excludes halogenated alkanes) is 1. The maximum absolute atomic E-state index is 11.1. The minimum atomic E-state index is -0.763. The first-order valence-corrected chi connectivity index (χ1v) is 4.98. The van der Waals surface area contributed by atoms with Gasteiger partial charge in [0.15, 0.2) is 0 Å². The van der Waals surface area contributed by atoms with Crippen LogP contribution in [0.25, 0.3) is 0 Å². The molecule has 0 aromatic heterocycles. The van der Waals surface area contributed by atoms with E-state index in [1.807, 2.05) is 0 Å². The third kappa shape index (κ3) is 6.87. The zero-order valence-electron chi connectivity index (χ0n) is 8.90. The van der Waals surface area contributed by atoms with Gasteiger partial charge in [-0.25, -0.2) is 19.4 Å². The first-order valence-electron chi connectivity index (χ1n) is 4.98. The molecule has 0 aromatic rings. The molecule has 15 heavy (non-hydrogen) atoms. The lowest BCUT2D eigenvalue weighted by Crippen LogP contribution is -2.32. The van der Waals surface area contributed by atoms with Crippen LogP contribution in [0.5, 0.6) is 0 Å². The Labute approximate surface area is 88.8 Å². The Morgan fingerprint density at radius 2 is 1.93 bits per heavy atom. The quantitative estimate of drug-likeness (QED) is 0.365. The van der Waals surface area contributed by atoms with Crippen molar-refractivity contribution in [1.29, 1.82) is 0 Å². The molecule has 0 aliphatic carbocycles. The number of carbonyl (C=O) groups excluding carboxylic acids is 2. The Morgan fingerprint density at radius 1 is 1.27 bits per heavy atom. The molecule has 0 heterocycles. The molecule has 4 N–H and O–H groups in total. The molecular weight excluding hydrogens is 200 g/mol. The molecule has 1 atom stereocenters. The molecular formula is C9H18N2O4. The summed E-state index contributed by atoms with van der Waals surface area (Å²) in [5, 5.41) is 0. The molecule has 6 nitrogen and oxygen atoms in total. The highest BCUT2D eigenvalue weighted by atomic mass is 17.2. The number of hydrogen-bond donors (Lipinski definition) is 2. The molecule has 0 saturated heterocycles. The van der Waals surface area contributed by atoms with E-state index in [4.69, 9.17) is 11.5 Å². The fourth-order valence-electron chi connectivity index (χ4n) is 0.835. The standard InChI is InChI=1S/C9H18N2O4/c1-2-8(12)14-15-9(13)7(11)5-3-4-6-10/h7H,2-6,10-11H2,1H3. The molecule has 0 aliphatic rings. The van der Waals surface area contributed by atoms with Crippen molar-refractivity contribution in [3.05, 3.63) is 0 Å². The lowest BCUT2D eigenvalue weighted by molar-refractivity contribution is -0.259. The summed E-state index contributed by atoms with van der Waals surface area (Å²) in [6.07, 6.45) is 2.17. The summed E-state index contributed by atoms with van der Waals surface area (Å²) in [6, 6.07) is -0.763. The summed E-state index contributed by atoms with van der Waals surface area (Å²) >= 11 is 0. The van der Waals surface area contributed by atoms with E-state index < -0.39 is 18.0 Å². The molecule has 0 aromatic carbocycles. The van der Waals surface area contributed by atoms with Gasteiger partial charge in [-0.1, -0.05) is 13.3 Å². The van der Waals surface area contributed by atoms with Crippen LogP contribution in [0.4, 0.5) is 0 Å². The van der Waals surface area contributed by atoms with Crippen LogP contribution in [0.2, 0.25) is 0 Å². The van der Waals surface area contributed by atoms with E-state index in [9.17, 15) is 9.59 Å². The van der Waals surface area contributed by atoms with E-state index in [-0.39, 0.29) is 6.42 Å². The Bertz CT molecular complexity index is 208. The fourth-order valence-corrected chi connectivity index (χ4v) is 0.835. The van der Waals surface area contributed by atoms with Crippen LogP contribution in [-0.4, -0.2) is 24.5 Å². The van der Waals surface area contributed by atoms with Crippen molar-refractivity contribution in [3.63, 3.8) is 0 Å². The van der Waals surface area contributed by atoms with Crippen LogP contribution < -0.4 is 11.5 Å². The maximum atomic E-state index is 11.1. The largest absolute Gasteiger partial charge is 0.372 e. The third-order valence-corrected chi connectivity index (χ3v) is 1.78. The highest BCUT2D eigenvalue weighted by Gasteiger charge is 2.17. The molecule has 88 valence electrons. The summed E-state index contributed by atoms with van der Waals surface area (Å²) in [5.41, 5.74) is 10.8. The third-order valence-electron chi connectivity index (χ3n) is 1.78. The molecule has 0 saturated carbocycles. The van der Waals surface area contributed by atoms with E-state index in [0.29, 0.717) is 13.0 Å². The average molecular weight is 218 g/mol. The van der Waals surface area contributed by atoms with Gasteiger partial charge in [0.25, 0.3) is 0 Å².